The van der Waals surface area contributed by atoms with E-state index in [4.69, 9.17) is 5.21 Å². The smallest absolute Gasteiger partial charge is 0.250 e. The standard InChI is InChI=1S/C20H21F2N3O2/c1-11(14-9-7-13-10-23-24-19(13)18(14)22)6-8-16(20(26)25-27)15-4-3-5-17(21)12(15)2/h3-5,7,9-11,16,27H,6,8H2,1-2H3,(H,23,24)(H,25,26)/t11-,16+/m0/s1. The number of amides is 1. The number of halogens is 2. The minimum Gasteiger partial charge on any atom is -0.289 e. The predicted molar refractivity (Wildman–Crippen MR) is 97.5 cm³/mol. The van der Waals surface area contributed by atoms with E-state index in [-0.39, 0.29) is 11.7 Å². The number of nitrogens with zero attached hydrogens (tertiary/aromatic N) is 1. The lowest BCUT2D eigenvalue weighted by molar-refractivity contribution is -0.131. The van der Waals surface area contributed by atoms with Crippen molar-refractivity contribution in [3.05, 3.63) is 64.9 Å². The van der Waals surface area contributed by atoms with E-state index in [1.807, 2.05) is 6.92 Å². The van der Waals surface area contributed by atoms with Gasteiger partial charge in [0, 0.05) is 5.39 Å². The Bertz CT molecular complexity index is 971. The number of aromatic nitrogens is 2. The molecule has 142 valence electrons. The summed E-state index contributed by atoms with van der Waals surface area (Å²) < 4.78 is 28.6. The van der Waals surface area contributed by atoms with E-state index >= 15 is 0 Å². The number of nitrogens with one attached hydrogen (secondary N) is 2. The van der Waals surface area contributed by atoms with Crippen LogP contribution in [0.15, 0.2) is 36.5 Å². The summed E-state index contributed by atoms with van der Waals surface area (Å²) in [6, 6.07) is 8.03. The molecule has 7 heteroatoms. The van der Waals surface area contributed by atoms with Crippen LogP contribution in [0.3, 0.4) is 0 Å². The minimum atomic E-state index is -0.730. The molecule has 0 aliphatic carbocycles. The van der Waals surface area contributed by atoms with Gasteiger partial charge in [0.25, 0.3) is 5.91 Å². The van der Waals surface area contributed by atoms with Gasteiger partial charge < -0.3 is 0 Å². The average Bonchev–Trinajstić information content (AvgIpc) is 3.14. The topological polar surface area (TPSA) is 78.0 Å². The van der Waals surface area contributed by atoms with Crippen molar-refractivity contribution >= 4 is 16.8 Å². The lowest BCUT2D eigenvalue weighted by Crippen LogP contribution is -2.27. The molecule has 3 rings (SSSR count). The lowest BCUT2D eigenvalue weighted by Gasteiger charge is -2.20. The monoisotopic (exact) mass is 373 g/mol. The van der Waals surface area contributed by atoms with Crippen LogP contribution < -0.4 is 5.48 Å². The Kier molecular flexibility index (Phi) is 5.51. The molecule has 0 aliphatic rings. The maximum atomic E-state index is 14.7. The number of rotatable bonds is 6. The Morgan fingerprint density at radius 1 is 1.22 bits per heavy atom. The van der Waals surface area contributed by atoms with Crippen LogP contribution in [0.5, 0.6) is 0 Å². The van der Waals surface area contributed by atoms with E-state index in [2.05, 4.69) is 10.2 Å². The summed E-state index contributed by atoms with van der Waals surface area (Å²) in [5, 5.41) is 16.3. The molecular weight excluding hydrogens is 352 g/mol. The molecule has 0 spiro atoms. The molecule has 0 fully saturated rings. The van der Waals surface area contributed by atoms with Crippen LogP contribution in [-0.4, -0.2) is 21.3 Å². The Morgan fingerprint density at radius 2 is 2.00 bits per heavy atom. The van der Waals surface area contributed by atoms with Gasteiger partial charge in [0.05, 0.1) is 12.1 Å². The van der Waals surface area contributed by atoms with E-state index in [0.717, 1.165) is 0 Å². The normalized spacial score (nSPS) is 13.5. The molecule has 1 heterocycles. The molecule has 27 heavy (non-hydrogen) atoms. The van der Waals surface area contributed by atoms with Crippen LogP contribution in [0.1, 0.15) is 48.3 Å². The van der Waals surface area contributed by atoms with Crippen molar-refractivity contribution in [3.63, 3.8) is 0 Å². The third kappa shape index (κ3) is 3.68. The average molecular weight is 373 g/mol. The second kappa shape index (κ2) is 7.84. The Labute approximate surface area is 155 Å². The first-order chi connectivity index (χ1) is 12.9. The summed E-state index contributed by atoms with van der Waals surface area (Å²) in [5.74, 6) is -2.29. The number of carbonyl (C=O) groups excluding carboxylic acids is 1. The first-order valence-corrected chi connectivity index (χ1v) is 8.74. The molecular formula is C20H21F2N3O2. The molecule has 3 N–H and O–H groups in total. The van der Waals surface area contributed by atoms with Crippen molar-refractivity contribution in [1.82, 2.24) is 15.7 Å². The van der Waals surface area contributed by atoms with Crippen LogP contribution in [-0.2, 0) is 4.79 Å². The van der Waals surface area contributed by atoms with Gasteiger partial charge in [-0.05, 0) is 48.4 Å². The van der Waals surface area contributed by atoms with E-state index < -0.39 is 17.6 Å². The van der Waals surface area contributed by atoms with Crippen LogP contribution in [0, 0.1) is 18.6 Å². The van der Waals surface area contributed by atoms with Crippen molar-refractivity contribution < 1.29 is 18.8 Å². The lowest BCUT2D eigenvalue weighted by atomic mass is 9.85. The highest BCUT2D eigenvalue weighted by atomic mass is 19.1. The largest absolute Gasteiger partial charge is 0.289 e. The number of aromatic amines is 1. The molecule has 0 radical (unpaired) electrons. The van der Waals surface area contributed by atoms with Gasteiger partial charge in [0.1, 0.15) is 11.3 Å². The molecule has 3 aromatic rings. The van der Waals surface area contributed by atoms with Crippen molar-refractivity contribution in [1.29, 1.82) is 0 Å². The van der Waals surface area contributed by atoms with Gasteiger partial charge >= 0.3 is 0 Å². The molecule has 5 nitrogen and oxygen atoms in total. The first kappa shape index (κ1) is 19.0. The SMILES string of the molecule is Cc1c(F)cccc1[C@@H](CC[C@H](C)c1ccc2cn[nH]c2c1F)C(=O)NO. The first-order valence-electron chi connectivity index (χ1n) is 8.74. The van der Waals surface area contributed by atoms with Crippen LogP contribution >= 0.6 is 0 Å². The number of benzene rings is 2. The van der Waals surface area contributed by atoms with Gasteiger partial charge in [0.15, 0.2) is 5.82 Å². The van der Waals surface area contributed by atoms with Gasteiger partial charge in [-0.1, -0.05) is 31.2 Å². The van der Waals surface area contributed by atoms with Gasteiger partial charge in [-0.15, -0.1) is 0 Å². The quantitative estimate of drug-likeness (QED) is 0.445. The van der Waals surface area contributed by atoms with E-state index in [0.29, 0.717) is 40.4 Å². The maximum absolute atomic E-state index is 14.7. The third-order valence-corrected chi connectivity index (χ3v) is 5.12. The molecule has 0 bridgehead atoms. The van der Waals surface area contributed by atoms with Crippen molar-refractivity contribution in [2.24, 2.45) is 0 Å². The maximum Gasteiger partial charge on any atom is 0.250 e. The summed E-state index contributed by atoms with van der Waals surface area (Å²) >= 11 is 0. The summed E-state index contributed by atoms with van der Waals surface area (Å²) in [6.45, 7) is 3.46. The third-order valence-electron chi connectivity index (χ3n) is 5.12. The van der Waals surface area contributed by atoms with Crippen molar-refractivity contribution in [2.45, 2.75) is 38.5 Å². The number of fused-ring (bicyclic) bond motifs is 1. The summed E-state index contributed by atoms with van der Waals surface area (Å²) in [7, 11) is 0. The van der Waals surface area contributed by atoms with E-state index in [1.165, 1.54) is 12.1 Å². The minimum absolute atomic E-state index is 0.180. The second-order valence-electron chi connectivity index (χ2n) is 6.76. The highest BCUT2D eigenvalue weighted by molar-refractivity contribution is 5.83. The molecule has 0 saturated carbocycles. The van der Waals surface area contributed by atoms with Crippen LogP contribution in [0.4, 0.5) is 8.78 Å². The molecule has 2 aromatic carbocycles. The predicted octanol–water partition coefficient (Wildman–Crippen LogP) is 4.32. The highest BCUT2D eigenvalue weighted by Crippen LogP contribution is 2.32. The molecule has 1 amide bonds. The van der Waals surface area contributed by atoms with Gasteiger partial charge in [0.2, 0.25) is 0 Å². The number of hydroxylamine groups is 1. The zero-order chi connectivity index (χ0) is 19.6. The Morgan fingerprint density at radius 3 is 2.74 bits per heavy atom. The fraction of sp³-hybridized carbons (Fsp3) is 0.300. The second-order valence-corrected chi connectivity index (χ2v) is 6.76. The molecule has 0 saturated heterocycles. The molecule has 0 unspecified atom stereocenters. The van der Waals surface area contributed by atoms with Gasteiger partial charge in [-0.2, -0.15) is 5.10 Å². The fourth-order valence-electron chi connectivity index (χ4n) is 3.45. The summed E-state index contributed by atoms with van der Waals surface area (Å²) in [5.41, 5.74) is 3.41. The van der Waals surface area contributed by atoms with Crippen molar-refractivity contribution in [3.8, 4) is 0 Å². The van der Waals surface area contributed by atoms with Gasteiger partial charge in [-0.25, -0.2) is 14.3 Å². The number of carbonyl (C=O) groups is 1. The number of hydrogen-bond donors (Lipinski definition) is 3. The van der Waals surface area contributed by atoms with E-state index in [1.54, 1.807) is 36.8 Å². The number of H-pyrrole nitrogens is 1. The molecule has 0 aliphatic heterocycles. The highest BCUT2D eigenvalue weighted by Gasteiger charge is 2.25. The Balaban J connectivity index is 1.83. The van der Waals surface area contributed by atoms with E-state index in [9.17, 15) is 13.6 Å². The molecule has 2 atom stereocenters. The molecule has 1 aromatic heterocycles. The number of hydrogen-bond acceptors (Lipinski definition) is 3. The fourth-order valence-corrected chi connectivity index (χ4v) is 3.45. The summed E-state index contributed by atoms with van der Waals surface area (Å²) in [6.07, 6.45) is 2.37. The zero-order valence-corrected chi connectivity index (χ0v) is 15.1. The summed E-state index contributed by atoms with van der Waals surface area (Å²) in [4.78, 5) is 12.2. The van der Waals surface area contributed by atoms with Crippen molar-refractivity contribution in [2.75, 3.05) is 0 Å². The van der Waals surface area contributed by atoms with Crippen LogP contribution in [0.2, 0.25) is 0 Å². The van der Waals surface area contributed by atoms with Crippen LogP contribution in [0.25, 0.3) is 10.9 Å². The zero-order valence-electron chi connectivity index (χ0n) is 15.1. The Hall–Kier alpha value is -2.80. The van der Waals surface area contributed by atoms with Gasteiger partial charge in [-0.3, -0.25) is 15.1 Å².